The molecule has 0 aliphatic heterocycles. The molecule has 0 fully saturated rings. The lowest BCUT2D eigenvalue weighted by molar-refractivity contribution is -0.110. The van der Waals surface area contributed by atoms with Gasteiger partial charge in [-0.05, 0) is 55.5 Å². The second-order valence-corrected chi connectivity index (χ2v) is 8.96. The molecule has 0 aliphatic carbocycles. The van der Waals surface area contributed by atoms with Gasteiger partial charge in [0, 0.05) is 6.07 Å². The number of nitrogens with zero attached hydrogens (tertiary/aromatic N) is 2. The average Bonchev–Trinajstić information content (AvgIpc) is 2.79. The van der Waals surface area contributed by atoms with Gasteiger partial charge in [-0.25, -0.2) is 4.99 Å². The fourth-order valence-electron chi connectivity index (χ4n) is 3.11. The van der Waals surface area contributed by atoms with Gasteiger partial charge >= 0.3 is 0 Å². The summed E-state index contributed by atoms with van der Waals surface area (Å²) in [7, 11) is 3.11. The van der Waals surface area contributed by atoms with E-state index in [0.29, 0.717) is 34.3 Å². The molecule has 1 atom stereocenters. The lowest BCUT2D eigenvalue weighted by Gasteiger charge is -2.23. The minimum absolute atomic E-state index is 0.0115. The minimum Gasteiger partial charge on any atom is -0.497 e. The summed E-state index contributed by atoms with van der Waals surface area (Å²) < 4.78 is 16.7. The van der Waals surface area contributed by atoms with E-state index in [1.807, 2.05) is 32.0 Å². The first kappa shape index (κ1) is 26.7. The monoisotopic (exact) mass is 468 g/mol. The molecule has 8 nitrogen and oxygen atoms in total. The molecule has 34 heavy (non-hydrogen) atoms. The van der Waals surface area contributed by atoms with E-state index in [-0.39, 0.29) is 17.2 Å². The highest BCUT2D eigenvalue weighted by molar-refractivity contribution is 6.68. The molecule has 0 radical (unpaired) electrons. The standard InChI is InChI=1S/C26H36N4O4/c1-9-16(2)34-23-12-10-18(26(4,5)6)14-20(23)29-25(31)24(30-27)17(3)28-21-15-19(32-7)11-13-22(21)33-8/h10-16H,9,27H2,1-8H3,(H,29,31)/b28-17?,30-24+. The lowest BCUT2D eigenvalue weighted by atomic mass is 9.87. The predicted octanol–water partition coefficient (Wildman–Crippen LogP) is 5.22. The van der Waals surface area contributed by atoms with Crippen LogP contribution in [0.3, 0.4) is 0 Å². The van der Waals surface area contributed by atoms with Crippen LogP contribution >= 0.6 is 0 Å². The molecule has 0 bridgehead atoms. The van der Waals surface area contributed by atoms with Crippen molar-refractivity contribution in [2.24, 2.45) is 15.9 Å². The zero-order valence-corrected chi connectivity index (χ0v) is 21.4. The van der Waals surface area contributed by atoms with Crippen molar-refractivity contribution < 1.29 is 19.0 Å². The molecule has 0 aliphatic rings. The van der Waals surface area contributed by atoms with E-state index in [4.69, 9.17) is 20.1 Å². The van der Waals surface area contributed by atoms with Crippen molar-refractivity contribution in [3.05, 3.63) is 42.0 Å². The van der Waals surface area contributed by atoms with Crippen molar-refractivity contribution in [3.8, 4) is 17.2 Å². The van der Waals surface area contributed by atoms with Crippen molar-refractivity contribution in [1.29, 1.82) is 0 Å². The number of amides is 1. The fraction of sp³-hybridized carbons (Fsp3) is 0.423. The Bertz CT molecular complexity index is 1070. The number of hydrogen-bond acceptors (Lipinski definition) is 7. The Kier molecular flexibility index (Phi) is 9.06. The van der Waals surface area contributed by atoms with Gasteiger partial charge in [0.1, 0.15) is 22.9 Å². The molecule has 2 aromatic carbocycles. The van der Waals surface area contributed by atoms with Crippen LogP contribution in [0, 0.1) is 0 Å². The molecule has 8 heteroatoms. The van der Waals surface area contributed by atoms with E-state index in [2.05, 4.69) is 36.2 Å². The Morgan fingerprint density at radius 2 is 1.76 bits per heavy atom. The molecule has 0 spiro atoms. The number of nitrogens with one attached hydrogen (secondary N) is 1. The summed E-state index contributed by atoms with van der Waals surface area (Å²) in [6, 6.07) is 11.0. The van der Waals surface area contributed by atoms with E-state index in [1.165, 1.54) is 0 Å². The molecule has 184 valence electrons. The number of carbonyl (C=O) groups is 1. The van der Waals surface area contributed by atoms with Gasteiger partial charge in [-0.15, -0.1) is 0 Å². The van der Waals surface area contributed by atoms with E-state index >= 15 is 0 Å². The summed E-state index contributed by atoms with van der Waals surface area (Å²) in [6.07, 6.45) is 0.820. The largest absolute Gasteiger partial charge is 0.497 e. The van der Waals surface area contributed by atoms with Crippen molar-refractivity contribution >= 4 is 28.7 Å². The van der Waals surface area contributed by atoms with Gasteiger partial charge in [0.15, 0.2) is 5.71 Å². The molecule has 0 saturated carbocycles. The molecule has 2 rings (SSSR count). The van der Waals surface area contributed by atoms with Crippen LogP contribution in [0.15, 0.2) is 46.5 Å². The summed E-state index contributed by atoms with van der Waals surface area (Å²) in [5.41, 5.74) is 2.29. The SMILES string of the molecule is CCC(C)Oc1ccc(C(C)(C)C)cc1NC(=O)/C(=N/N)C(C)=Nc1cc(OC)ccc1OC. The van der Waals surface area contributed by atoms with Gasteiger partial charge < -0.3 is 25.4 Å². The third kappa shape index (κ3) is 6.73. The number of anilines is 1. The maximum absolute atomic E-state index is 13.2. The Morgan fingerprint density at radius 1 is 1.09 bits per heavy atom. The minimum atomic E-state index is -0.495. The zero-order valence-electron chi connectivity index (χ0n) is 21.4. The second-order valence-electron chi connectivity index (χ2n) is 8.96. The van der Waals surface area contributed by atoms with Crippen molar-refractivity contribution in [1.82, 2.24) is 0 Å². The van der Waals surface area contributed by atoms with Crippen molar-refractivity contribution in [3.63, 3.8) is 0 Å². The van der Waals surface area contributed by atoms with Crippen LogP contribution in [0.5, 0.6) is 17.2 Å². The average molecular weight is 469 g/mol. The number of carbonyl (C=O) groups excluding carboxylic acids is 1. The highest BCUT2D eigenvalue weighted by Crippen LogP contribution is 2.33. The maximum Gasteiger partial charge on any atom is 0.278 e. The van der Waals surface area contributed by atoms with E-state index in [9.17, 15) is 4.79 Å². The molecule has 1 unspecified atom stereocenters. The quantitative estimate of drug-likeness (QED) is 0.298. The number of nitrogens with two attached hydrogens (primary N) is 1. The van der Waals surface area contributed by atoms with Crippen LogP contribution in [0.2, 0.25) is 0 Å². The highest BCUT2D eigenvalue weighted by Gasteiger charge is 2.21. The molecule has 1 amide bonds. The van der Waals surface area contributed by atoms with Crippen LogP contribution in [0.25, 0.3) is 0 Å². The van der Waals surface area contributed by atoms with Crippen molar-refractivity contribution in [2.45, 2.75) is 59.5 Å². The smallest absolute Gasteiger partial charge is 0.278 e. The van der Waals surface area contributed by atoms with Crippen LogP contribution in [0.4, 0.5) is 11.4 Å². The fourth-order valence-corrected chi connectivity index (χ4v) is 3.11. The van der Waals surface area contributed by atoms with E-state index in [1.54, 1.807) is 39.3 Å². The first-order valence-electron chi connectivity index (χ1n) is 11.2. The van der Waals surface area contributed by atoms with Crippen LogP contribution < -0.4 is 25.4 Å². The summed E-state index contributed by atoms with van der Waals surface area (Å²) >= 11 is 0. The zero-order chi connectivity index (χ0) is 25.5. The molecule has 0 saturated heterocycles. The number of benzene rings is 2. The highest BCUT2D eigenvalue weighted by atomic mass is 16.5. The molecule has 3 N–H and O–H groups in total. The summed E-state index contributed by atoms with van der Waals surface area (Å²) in [5, 5.41) is 6.63. The van der Waals surface area contributed by atoms with Crippen LogP contribution in [0.1, 0.15) is 53.5 Å². The Balaban J connectivity index is 2.42. The van der Waals surface area contributed by atoms with Gasteiger partial charge in [0.25, 0.3) is 5.91 Å². The van der Waals surface area contributed by atoms with Gasteiger partial charge in [-0.1, -0.05) is 33.8 Å². The van der Waals surface area contributed by atoms with E-state index in [0.717, 1.165) is 12.0 Å². The summed E-state index contributed by atoms with van der Waals surface area (Å²) in [5.74, 6) is 6.82. The molecule has 0 heterocycles. The number of hydrogen-bond donors (Lipinski definition) is 2. The van der Waals surface area contributed by atoms with Gasteiger partial charge in [-0.2, -0.15) is 5.10 Å². The van der Waals surface area contributed by atoms with Gasteiger partial charge in [0.2, 0.25) is 0 Å². The van der Waals surface area contributed by atoms with Crippen molar-refractivity contribution in [2.75, 3.05) is 19.5 Å². The predicted molar refractivity (Wildman–Crippen MR) is 138 cm³/mol. The van der Waals surface area contributed by atoms with Gasteiger partial charge in [-0.3, -0.25) is 4.79 Å². The molecular formula is C26H36N4O4. The number of hydrazone groups is 1. The van der Waals surface area contributed by atoms with Crippen LogP contribution in [-0.2, 0) is 10.2 Å². The number of ether oxygens (including phenoxy) is 3. The third-order valence-corrected chi connectivity index (χ3v) is 5.36. The van der Waals surface area contributed by atoms with E-state index < -0.39 is 5.91 Å². The first-order valence-corrected chi connectivity index (χ1v) is 11.2. The molecular weight excluding hydrogens is 432 g/mol. The summed E-state index contributed by atoms with van der Waals surface area (Å²) in [4.78, 5) is 17.7. The third-order valence-electron chi connectivity index (χ3n) is 5.36. The van der Waals surface area contributed by atoms with Gasteiger partial charge in [0.05, 0.1) is 31.7 Å². The Labute approximate surface area is 202 Å². The first-order chi connectivity index (χ1) is 16.0. The number of rotatable bonds is 9. The number of aliphatic imine (C=N–C) groups is 1. The second kappa shape index (κ2) is 11.5. The topological polar surface area (TPSA) is 108 Å². The molecule has 2 aromatic rings. The normalized spacial score (nSPS) is 13.3. The van der Waals surface area contributed by atoms with Crippen LogP contribution in [-0.4, -0.2) is 37.7 Å². The number of methoxy groups -OCH3 is 2. The Morgan fingerprint density at radius 3 is 2.32 bits per heavy atom. The maximum atomic E-state index is 13.2. The summed E-state index contributed by atoms with van der Waals surface area (Å²) in [6.45, 7) is 12.0. The lowest BCUT2D eigenvalue weighted by Crippen LogP contribution is -2.30. The Hall–Kier alpha value is -3.55. The molecule has 0 aromatic heterocycles.